The van der Waals surface area contributed by atoms with Gasteiger partial charge < -0.3 is 10.0 Å². The van der Waals surface area contributed by atoms with Crippen LogP contribution < -0.4 is 0 Å². The lowest BCUT2D eigenvalue weighted by Gasteiger charge is -2.23. The van der Waals surface area contributed by atoms with Gasteiger partial charge in [0, 0.05) is 19.8 Å². The summed E-state index contributed by atoms with van der Waals surface area (Å²) < 4.78 is 1.61. The molecule has 1 fully saturated rings. The Hall–Kier alpha value is -2.14. The van der Waals surface area contributed by atoms with E-state index in [4.69, 9.17) is 0 Å². The standard InChI is InChI=1S/C16H19N3O2/c1-12-3-5-13(6-4-12)16(21)8-10-19(11-16)15(20)14-7-9-18(2)17-14/h3-7,9,21H,8,10-11H2,1-2H3/t16-/m1/s1. The topological polar surface area (TPSA) is 58.4 Å². The summed E-state index contributed by atoms with van der Waals surface area (Å²) in [6.07, 6.45) is 2.30. The fourth-order valence-electron chi connectivity index (χ4n) is 2.76. The first-order valence-corrected chi connectivity index (χ1v) is 7.06. The Morgan fingerprint density at radius 3 is 2.62 bits per heavy atom. The maximum Gasteiger partial charge on any atom is 0.274 e. The molecule has 1 atom stereocenters. The Morgan fingerprint density at radius 2 is 2.00 bits per heavy atom. The van der Waals surface area contributed by atoms with E-state index in [1.54, 1.807) is 28.9 Å². The molecule has 1 amide bonds. The lowest BCUT2D eigenvalue weighted by molar-refractivity contribution is 0.0415. The van der Waals surface area contributed by atoms with Crippen LogP contribution in [0.1, 0.15) is 28.0 Å². The number of aliphatic hydroxyl groups is 1. The highest BCUT2D eigenvalue weighted by Gasteiger charge is 2.40. The Balaban J connectivity index is 1.78. The molecule has 0 bridgehead atoms. The minimum absolute atomic E-state index is 0.126. The van der Waals surface area contributed by atoms with Crippen molar-refractivity contribution in [1.82, 2.24) is 14.7 Å². The Bertz CT molecular complexity index is 662. The summed E-state index contributed by atoms with van der Waals surface area (Å²) in [7, 11) is 1.78. The van der Waals surface area contributed by atoms with E-state index in [0.29, 0.717) is 25.2 Å². The molecule has 0 saturated carbocycles. The second-order valence-corrected chi connectivity index (χ2v) is 5.75. The van der Waals surface area contributed by atoms with Crippen LogP contribution in [0.2, 0.25) is 0 Å². The lowest BCUT2D eigenvalue weighted by Crippen LogP contribution is -2.34. The fourth-order valence-corrected chi connectivity index (χ4v) is 2.76. The van der Waals surface area contributed by atoms with E-state index in [-0.39, 0.29) is 5.91 Å². The van der Waals surface area contributed by atoms with Crippen LogP contribution in [-0.2, 0) is 12.6 Å². The van der Waals surface area contributed by atoms with Crippen molar-refractivity contribution in [3.8, 4) is 0 Å². The van der Waals surface area contributed by atoms with Gasteiger partial charge in [-0.05, 0) is 25.0 Å². The van der Waals surface area contributed by atoms with E-state index in [1.165, 1.54) is 0 Å². The van der Waals surface area contributed by atoms with E-state index in [2.05, 4.69) is 5.10 Å². The van der Waals surface area contributed by atoms with Crippen LogP contribution in [0.15, 0.2) is 36.5 Å². The number of benzene rings is 1. The van der Waals surface area contributed by atoms with E-state index < -0.39 is 5.60 Å². The van der Waals surface area contributed by atoms with Gasteiger partial charge in [-0.2, -0.15) is 5.10 Å². The van der Waals surface area contributed by atoms with Crippen molar-refractivity contribution < 1.29 is 9.90 Å². The van der Waals surface area contributed by atoms with Crippen molar-refractivity contribution in [2.75, 3.05) is 13.1 Å². The van der Waals surface area contributed by atoms with Crippen LogP contribution in [-0.4, -0.2) is 38.8 Å². The predicted octanol–water partition coefficient (Wildman–Crippen LogP) is 1.46. The van der Waals surface area contributed by atoms with Crippen LogP contribution >= 0.6 is 0 Å². The normalized spacial score (nSPS) is 21.8. The molecule has 0 spiro atoms. The molecule has 21 heavy (non-hydrogen) atoms. The first-order chi connectivity index (χ1) is 9.98. The molecule has 0 unspecified atom stereocenters. The van der Waals surface area contributed by atoms with Crippen LogP contribution in [0.25, 0.3) is 0 Å². The molecule has 0 aliphatic carbocycles. The molecular weight excluding hydrogens is 266 g/mol. The van der Waals surface area contributed by atoms with Gasteiger partial charge in [0.1, 0.15) is 11.3 Å². The molecule has 110 valence electrons. The number of β-amino-alcohol motifs (C(OH)–C–C–N with tert-alkyl or cyclic N) is 1. The molecule has 1 aromatic heterocycles. The van der Waals surface area contributed by atoms with E-state index in [9.17, 15) is 9.90 Å². The summed E-state index contributed by atoms with van der Waals surface area (Å²) in [5.41, 5.74) is 1.48. The zero-order valence-electron chi connectivity index (χ0n) is 12.3. The molecule has 1 saturated heterocycles. The Kier molecular flexibility index (Phi) is 3.29. The summed E-state index contributed by atoms with van der Waals surface area (Å²) in [5.74, 6) is -0.126. The van der Waals surface area contributed by atoms with Crippen molar-refractivity contribution in [2.45, 2.75) is 18.9 Å². The smallest absolute Gasteiger partial charge is 0.274 e. The van der Waals surface area contributed by atoms with Gasteiger partial charge in [0.2, 0.25) is 0 Å². The van der Waals surface area contributed by atoms with Crippen molar-refractivity contribution in [2.24, 2.45) is 7.05 Å². The van der Waals surface area contributed by atoms with Gasteiger partial charge in [-0.1, -0.05) is 29.8 Å². The van der Waals surface area contributed by atoms with E-state index in [0.717, 1.165) is 11.1 Å². The van der Waals surface area contributed by atoms with Gasteiger partial charge in [-0.3, -0.25) is 9.48 Å². The molecule has 2 heterocycles. The highest BCUT2D eigenvalue weighted by molar-refractivity contribution is 5.92. The van der Waals surface area contributed by atoms with Gasteiger partial charge in [-0.25, -0.2) is 0 Å². The molecule has 2 aromatic rings. The molecule has 5 heteroatoms. The molecule has 1 aromatic carbocycles. The molecular formula is C16H19N3O2. The Morgan fingerprint density at radius 1 is 1.29 bits per heavy atom. The average Bonchev–Trinajstić information content (AvgIpc) is 3.06. The first kappa shape index (κ1) is 13.8. The summed E-state index contributed by atoms with van der Waals surface area (Å²) >= 11 is 0. The number of rotatable bonds is 2. The number of hydrogen-bond donors (Lipinski definition) is 1. The summed E-state index contributed by atoms with van der Waals surface area (Å²) in [6.45, 7) is 2.87. The van der Waals surface area contributed by atoms with Crippen molar-refractivity contribution >= 4 is 5.91 Å². The number of nitrogens with zero attached hydrogens (tertiary/aromatic N) is 3. The Labute approximate surface area is 123 Å². The van der Waals surface area contributed by atoms with Gasteiger partial charge in [0.15, 0.2) is 0 Å². The SMILES string of the molecule is Cc1ccc([C@@]2(O)CCN(C(=O)c3ccn(C)n3)C2)cc1. The highest BCUT2D eigenvalue weighted by Crippen LogP contribution is 2.32. The van der Waals surface area contributed by atoms with Crippen LogP contribution in [0.3, 0.4) is 0 Å². The van der Waals surface area contributed by atoms with Crippen LogP contribution in [0.5, 0.6) is 0 Å². The number of carbonyl (C=O) groups excluding carboxylic acids is 1. The quantitative estimate of drug-likeness (QED) is 0.909. The largest absolute Gasteiger partial charge is 0.383 e. The molecule has 1 aliphatic heterocycles. The molecule has 1 N–H and O–H groups in total. The summed E-state index contributed by atoms with van der Waals surface area (Å²) in [5, 5.41) is 14.9. The molecule has 0 radical (unpaired) electrons. The maximum absolute atomic E-state index is 12.4. The zero-order valence-corrected chi connectivity index (χ0v) is 12.3. The number of aromatic nitrogens is 2. The monoisotopic (exact) mass is 285 g/mol. The predicted molar refractivity (Wildman–Crippen MR) is 78.8 cm³/mol. The highest BCUT2D eigenvalue weighted by atomic mass is 16.3. The minimum atomic E-state index is -0.960. The summed E-state index contributed by atoms with van der Waals surface area (Å²) in [6, 6.07) is 9.53. The number of amides is 1. The van der Waals surface area contributed by atoms with E-state index >= 15 is 0 Å². The van der Waals surface area contributed by atoms with Crippen molar-refractivity contribution in [1.29, 1.82) is 0 Å². The van der Waals surface area contributed by atoms with Gasteiger partial charge in [0.25, 0.3) is 5.91 Å². The minimum Gasteiger partial charge on any atom is -0.383 e. The van der Waals surface area contributed by atoms with Crippen molar-refractivity contribution in [3.05, 3.63) is 53.3 Å². The third kappa shape index (κ3) is 2.56. The second kappa shape index (κ2) is 5.00. The number of hydrogen-bond acceptors (Lipinski definition) is 3. The second-order valence-electron chi connectivity index (χ2n) is 5.75. The fraction of sp³-hybridized carbons (Fsp3) is 0.375. The number of carbonyl (C=O) groups is 1. The lowest BCUT2D eigenvalue weighted by atomic mass is 9.92. The number of likely N-dealkylation sites (tertiary alicyclic amines) is 1. The zero-order chi connectivity index (χ0) is 15.0. The van der Waals surface area contributed by atoms with Gasteiger partial charge >= 0.3 is 0 Å². The van der Waals surface area contributed by atoms with Crippen LogP contribution in [0.4, 0.5) is 0 Å². The van der Waals surface area contributed by atoms with E-state index in [1.807, 2.05) is 31.2 Å². The van der Waals surface area contributed by atoms with Gasteiger partial charge in [0.05, 0.1) is 6.54 Å². The third-order valence-electron chi connectivity index (χ3n) is 4.06. The molecule has 1 aliphatic rings. The third-order valence-corrected chi connectivity index (χ3v) is 4.06. The average molecular weight is 285 g/mol. The first-order valence-electron chi connectivity index (χ1n) is 7.06. The summed E-state index contributed by atoms with van der Waals surface area (Å²) in [4.78, 5) is 14.0. The van der Waals surface area contributed by atoms with Crippen LogP contribution in [0, 0.1) is 6.92 Å². The maximum atomic E-state index is 12.4. The van der Waals surface area contributed by atoms with Crippen molar-refractivity contribution in [3.63, 3.8) is 0 Å². The van der Waals surface area contributed by atoms with Gasteiger partial charge in [-0.15, -0.1) is 0 Å². The molecule has 3 rings (SSSR count). The number of aryl methyl sites for hydroxylation is 2. The molecule has 5 nitrogen and oxygen atoms in total.